The van der Waals surface area contributed by atoms with Crippen LogP contribution in [0.1, 0.15) is 26.3 Å². The molecule has 0 spiro atoms. The second-order valence-corrected chi connectivity index (χ2v) is 14.9. The van der Waals surface area contributed by atoms with Crippen LogP contribution in [0.15, 0.2) is 188 Å². The van der Waals surface area contributed by atoms with E-state index in [-0.39, 0.29) is 5.41 Å². The third-order valence-electron chi connectivity index (χ3n) is 10.6. The molecule has 248 valence electrons. The highest BCUT2D eigenvalue weighted by Gasteiger charge is 2.22. The minimum Gasteiger partial charge on any atom is -0.0622 e. The fourth-order valence-electron chi connectivity index (χ4n) is 7.92. The maximum Gasteiger partial charge on any atom is -0.00201 e. The summed E-state index contributed by atoms with van der Waals surface area (Å²) >= 11 is 0. The van der Waals surface area contributed by atoms with Crippen LogP contribution in [0.3, 0.4) is 0 Å². The molecule has 9 rings (SSSR count). The summed E-state index contributed by atoms with van der Waals surface area (Å²) < 4.78 is 0. The van der Waals surface area contributed by atoms with Gasteiger partial charge < -0.3 is 0 Å². The lowest BCUT2D eigenvalue weighted by atomic mass is 9.80. The first-order chi connectivity index (χ1) is 25.4. The number of rotatable bonds is 5. The van der Waals surface area contributed by atoms with Gasteiger partial charge in [-0.3, -0.25) is 0 Å². The zero-order chi connectivity index (χ0) is 35.2. The highest BCUT2D eigenvalue weighted by atomic mass is 14.3. The second-order valence-electron chi connectivity index (χ2n) is 14.9. The van der Waals surface area contributed by atoms with Gasteiger partial charge in [-0.2, -0.15) is 0 Å². The van der Waals surface area contributed by atoms with E-state index < -0.39 is 0 Å². The lowest BCUT2D eigenvalue weighted by Crippen LogP contribution is -2.10. The second kappa shape index (κ2) is 12.8. The van der Waals surface area contributed by atoms with Crippen LogP contribution in [-0.2, 0) is 5.41 Å². The summed E-state index contributed by atoms with van der Waals surface area (Å²) in [5.74, 6) is 0. The lowest BCUT2D eigenvalue weighted by Gasteiger charge is -2.24. The van der Waals surface area contributed by atoms with Crippen LogP contribution in [0.2, 0.25) is 0 Å². The summed E-state index contributed by atoms with van der Waals surface area (Å²) in [6, 6.07) is 69.3. The predicted molar refractivity (Wildman–Crippen MR) is 225 cm³/mol. The monoisotopic (exact) mass is 664 g/mol. The normalized spacial score (nSPS) is 11.8. The van der Waals surface area contributed by atoms with E-state index in [0.717, 1.165) is 0 Å². The van der Waals surface area contributed by atoms with E-state index in [1.807, 2.05) is 0 Å². The molecule has 0 N–H and O–H groups in total. The number of hydrogen-bond acceptors (Lipinski definition) is 0. The Hall–Kier alpha value is -6.24. The summed E-state index contributed by atoms with van der Waals surface area (Å²) in [6.45, 7) is 6.93. The average molecular weight is 665 g/mol. The van der Waals surface area contributed by atoms with Crippen LogP contribution in [0.25, 0.3) is 88.0 Å². The molecule has 0 amide bonds. The zero-order valence-electron chi connectivity index (χ0n) is 29.9. The summed E-state index contributed by atoms with van der Waals surface area (Å²) in [5.41, 5.74) is 13.7. The molecule has 52 heavy (non-hydrogen) atoms. The maximum absolute atomic E-state index is 2.46. The molecule has 0 aliphatic carbocycles. The molecule has 0 unspecified atom stereocenters. The molecule has 9 aromatic rings. The molecule has 0 saturated carbocycles. The summed E-state index contributed by atoms with van der Waals surface area (Å²) in [5, 5.41) is 7.61. The van der Waals surface area contributed by atoms with E-state index in [4.69, 9.17) is 0 Å². The minimum atomic E-state index is 0.0107. The van der Waals surface area contributed by atoms with Gasteiger partial charge in [-0.15, -0.1) is 0 Å². The number of benzene rings is 9. The zero-order valence-corrected chi connectivity index (χ0v) is 29.9. The molecule has 0 aromatic heterocycles. The van der Waals surface area contributed by atoms with Crippen LogP contribution in [0.4, 0.5) is 0 Å². The summed E-state index contributed by atoms with van der Waals surface area (Å²) in [7, 11) is 0. The Morgan fingerprint density at radius 1 is 0.288 bits per heavy atom. The first-order valence-corrected chi connectivity index (χ1v) is 18.3. The number of hydrogen-bond donors (Lipinski definition) is 0. The summed E-state index contributed by atoms with van der Waals surface area (Å²) in [4.78, 5) is 0. The van der Waals surface area contributed by atoms with Gasteiger partial charge in [-0.05, 0) is 123 Å². The van der Waals surface area contributed by atoms with Gasteiger partial charge in [0.2, 0.25) is 0 Å². The van der Waals surface area contributed by atoms with E-state index in [1.54, 1.807) is 0 Å². The fourth-order valence-corrected chi connectivity index (χ4v) is 7.92. The van der Waals surface area contributed by atoms with Crippen LogP contribution in [0.5, 0.6) is 0 Å². The van der Waals surface area contributed by atoms with Crippen molar-refractivity contribution in [1.29, 1.82) is 0 Å². The molecule has 0 saturated heterocycles. The largest absolute Gasteiger partial charge is 0.0622 e. The number of fused-ring (bicyclic) bond motifs is 3. The Balaban J connectivity index is 1.28. The third kappa shape index (κ3) is 5.67. The Labute approximate surface area is 306 Å². The molecule has 0 heteroatoms. The van der Waals surface area contributed by atoms with Gasteiger partial charge in [0.05, 0.1) is 0 Å². The molecule has 0 bridgehead atoms. The van der Waals surface area contributed by atoms with E-state index >= 15 is 0 Å². The molecule has 0 aliphatic rings. The van der Waals surface area contributed by atoms with Gasteiger partial charge in [0.25, 0.3) is 0 Å². The van der Waals surface area contributed by atoms with Crippen LogP contribution < -0.4 is 0 Å². The first kappa shape index (κ1) is 31.7. The minimum absolute atomic E-state index is 0.0107. The highest BCUT2D eigenvalue weighted by Crippen LogP contribution is 2.47. The van der Waals surface area contributed by atoms with Gasteiger partial charge in [0, 0.05) is 0 Å². The van der Waals surface area contributed by atoms with Crippen molar-refractivity contribution in [2.24, 2.45) is 0 Å². The maximum atomic E-state index is 2.46. The van der Waals surface area contributed by atoms with E-state index in [9.17, 15) is 0 Å². The molecule has 9 aromatic carbocycles. The smallest absolute Gasteiger partial charge is 0.00201 e. The third-order valence-corrected chi connectivity index (χ3v) is 10.6. The first-order valence-electron chi connectivity index (χ1n) is 18.3. The van der Waals surface area contributed by atoms with Crippen molar-refractivity contribution in [1.82, 2.24) is 0 Å². The molecular weight excluding hydrogens is 625 g/mol. The van der Waals surface area contributed by atoms with E-state index in [2.05, 4.69) is 209 Å². The molecule has 0 radical (unpaired) electrons. The van der Waals surface area contributed by atoms with Crippen LogP contribution in [0, 0.1) is 0 Å². The highest BCUT2D eigenvalue weighted by molar-refractivity contribution is 6.23. The van der Waals surface area contributed by atoms with Crippen LogP contribution >= 0.6 is 0 Å². The van der Waals surface area contributed by atoms with Crippen molar-refractivity contribution in [2.75, 3.05) is 0 Å². The SMILES string of the molecule is CC(C)(C)c1ccc2c(-c3ccccc3-c3cccc(-c4cccc(-c5ccccc5)c4)c3)c3ccccc3c(-c3ccc4ccccc4c3)c2c1. The summed E-state index contributed by atoms with van der Waals surface area (Å²) in [6.07, 6.45) is 0. The Morgan fingerprint density at radius 3 is 1.56 bits per heavy atom. The van der Waals surface area contributed by atoms with Crippen molar-refractivity contribution in [3.63, 3.8) is 0 Å². The van der Waals surface area contributed by atoms with Crippen molar-refractivity contribution < 1.29 is 0 Å². The Bertz CT molecular complexity index is 2760. The van der Waals surface area contributed by atoms with Gasteiger partial charge in [-0.1, -0.05) is 185 Å². The van der Waals surface area contributed by atoms with E-state index in [0.29, 0.717) is 0 Å². The van der Waals surface area contributed by atoms with E-state index in [1.165, 1.54) is 93.5 Å². The fraction of sp³-hybridized carbons (Fsp3) is 0.0769. The van der Waals surface area contributed by atoms with Crippen molar-refractivity contribution in [2.45, 2.75) is 26.2 Å². The Morgan fingerprint density at radius 2 is 0.827 bits per heavy atom. The molecule has 0 fully saturated rings. The predicted octanol–water partition coefficient (Wildman–Crippen LogP) is 14.8. The quantitative estimate of drug-likeness (QED) is 0.161. The van der Waals surface area contributed by atoms with Gasteiger partial charge in [-0.25, -0.2) is 0 Å². The standard InChI is InChI=1S/C52H40/c1-52(2,3)43-29-30-48-49(34-43)50(42-28-27-36-17-7-8-18-37(36)33-42)46-25-11-12-26-47(46)51(48)45-24-10-9-23-44(45)41-22-14-21-40(32-41)39-20-13-19-38(31-39)35-15-5-4-6-16-35/h4-34H,1-3H3. The van der Waals surface area contributed by atoms with Gasteiger partial charge in [0.15, 0.2) is 0 Å². The van der Waals surface area contributed by atoms with Crippen LogP contribution in [-0.4, -0.2) is 0 Å². The molecule has 0 heterocycles. The van der Waals surface area contributed by atoms with Gasteiger partial charge >= 0.3 is 0 Å². The topological polar surface area (TPSA) is 0 Å². The lowest BCUT2D eigenvalue weighted by molar-refractivity contribution is 0.591. The van der Waals surface area contributed by atoms with Gasteiger partial charge in [0.1, 0.15) is 0 Å². The molecule has 0 aliphatic heterocycles. The Kier molecular flexibility index (Phi) is 7.82. The molecule has 0 atom stereocenters. The molecule has 0 nitrogen and oxygen atoms in total. The van der Waals surface area contributed by atoms with Crippen molar-refractivity contribution >= 4 is 32.3 Å². The van der Waals surface area contributed by atoms with Crippen molar-refractivity contribution in [3.8, 4) is 55.6 Å². The molecular formula is C52H40. The van der Waals surface area contributed by atoms with Crippen molar-refractivity contribution in [3.05, 3.63) is 194 Å². The average Bonchev–Trinajstić information content (AvgIpc) is 3.19.